The fourth-order valence-electron chi connectivity index (χ4n) is 17.1. The molecule has 0 radical (unpaired) electrons. The number of aliphatic hydroxyl groups is 7. The number of carbonyl (C=O) groups is 1. The third-order valence-corrected chi connectivity index (χ3v) is 23.8. The summed E-state index contributed by atoms with van der Waals surface area (Å²) in [6.45, 7) is 4.33. The highest BCUT2D eigenvalue weighted by Crippen LogP contribution is 2.77. The number of rotatable bonds is 5. The molecule has 1 aromatic heterocycles. The van der Waals surface area contributed by atoms with E-state index in [0.29, 0.717) is 35.4 Å². The monoisotopic (exact) mass is 1030 g/mol. The van der Waals surface area contributed by atoms with Crippen molar-refractivity contribution in [1.29, 1.82) is 0 Å². The molecule has 9 aliphatic rings. The normalized spacial score (nSPS) is 44.0. The van der Waals surface area contributed by atoms with Crippen molar-refractivity contribution in [1.82, 2.24) is 5.32 Å². The lowest BCUT2D eigenvalue weighted by Crippen LogP contribution is -2.86. The zero-order valence-electron chi connectivity index (χ0n) is 41.7. The fourth-order valence-corrected chi connectivity index (χ4v) is 21.2. The van der Waals surface area contributed by atoms with Crippen molar-refractivity contribution in [2.75, 3.05) is 32.1 Å². The van der Waals surface area contributed by atoms with Crippen molar-refractivity contribution in [2.45, 2.75) is 201 Å². The van der Waals surface area contributed by atoms with Crippen molar-refractivity contribution >= 4 is 38.5 Å². The largest absolute Gasteiger partial charge is 0.485 e. The molecule has 394 valence electrons. The average Bonchev–Trinajstić information content (AvgIpc) is 4.21. The first-order chi connectivity index (χ1) is 34.1. The van der Waals surface area contributed by atoms with Gasteiger partial charge in [-0.3, -0.25) is 4.79 Å². The highest BCUT2D eigenvalue weighted by molar-refractivity contribution is 8.77. The summed E-state index contributed by atoms with van der Waals surface area (Å²) in [5.74, 6) is -2.54. The lowest BCUT2D eigenvalue weighted by Gasteiger charge is -2.67. The van der Waals surface area contributed by atoms with E-state index in [9.17, 15) is 40.5 Å². The third-order valence-electron chi connectivity index (χ3n) is 20.6. The van der Waals surface area contributed by atoms with Gasteiger partial charge in [0.15, 0.2) is 16.9 Å². The van der Waals surface area contributed by atoms with E-state index < -0.39 is 82.6 Å². The Morgan fingerprint density at radius 1 is 0.915 bits per heavy atom. The number of ether oxygens (including phenoxy) is 4. The first-order valence-corrected chi connectivity index (χ1v) is 29.6. The Bertz CT molecular complexity index is 2300. The summed E-state index contributed by atoms with van der Waals surface area (Å²) in [4.78, 5) is 13.0. The summed E-state index contributed by atoms with van der Waals surface area (Å²) in [5.41, 5.74) is -6.15. The van der Waals surface area contributed by atoms with Crippen LogP contribution in [0.15, 0.2) is 35.0 Å². The van der Waals surface area contributed by atoms with Crippen LogP contribution in [-0.2, 0) is 20.7 Å². The van der Waals surface area contributed by atoms with Crippen LogP contribution in [0.1, 0.15) is 141 Å². The van der Waals surface area contributed by atoms with Crippen molar-refractivity contribution < 1.29 is 63.9 Å². The van der Waals surface area contributed by atoms with Crippen molar-refractivity contribution in [3.63, 3.8) is 0 Å². The molecule has 16 heteroatoms. The second-order valence-corrected chi connectivity index (χ2v) is 26.7. The zero-order chi connectivity index (χ0) is 49.6. The van der Waals surface area contributed by atoms with Crippen LogP contribution < -0.4 is 14.8 Å². The summed E-state index contributed by atoms with van der Waals surface area (Å²) < 4.78 is 32.4. The van der Waals surface area contributed by atoms with Gasteiger partial charge >= 0.3 is 5.97 Å². The van der Waals surface area contributed by atoms with Crippen LogP contribution in [0.2, 0.25) is 0 Å². The summed E-state index contributed by atoms with van der Waals surface area (Å²) in [5, 5.41) is 93.7. The number of hydrogen-bond donors (Lipinski definition) is 8. The minimum absolute atomic E-state index is 0.000644. The second kappa shape index (κ2) is 19.2. The number of aryl methyl sites for hydroxylation is 1. The highest BCUT2D eigenvalue weighted by Gasteiger charge is 2.79. The number of fused-ring (bicyclic) bond motifs is 12. The van der Waals surface area contributed by atoms with Gasteiger partial charge in [0.2, 0.25) is 12.0 Å². The van der Waals surface area contributed by atoms with E-state index in [1.807, 2.05) is 16.9 Å². The first kappa shape index (κ1) is 51.0. The van der Waals surface area contributed by atoms with E-state index in [2.05, 4.69) is 12.2 Å². The minimum atomic E-state index is -2.48. The van der Waals surface area contributed by atoms with E-state index in [1.165, 1.54) is 0 Å². The molecule has 4 heterocycles. The standard InChI is InChI=1S/C55H79NO13S2/c1-3-65-41(60)16-13-34-27-35-17-25-66-43(35)45-44(34)68-48-55(64)42-36(12-14-38(58)37(42)29-57)28-53(63,47(55)62)54(69-48)32-70-71-52(39(56-24-26-67-45)15-11-33(2)9-8-10-40(54)59)30-50(20-6-7-21-50)51(31-52)23-22-49(46(51)61)18-4-5-19-49/h12,14,17,25,27,33,36-40,42,46-48,56-59,61-64H,3-11,13,15-16,18-24,26,28-32H2,1-2H3. The zero-order valence-corrected chi connectivity index (χ0v) is 43.4. The maximum absolute atomic E-state index is 13.7. The molecule has 5 spiro atoms. The molecule has 71 heavy (non-hydrogen) atoms. The van der Waals surface area contributed by atoms with E-state index in [1.54, 1.807) is 42.2 Å². The third kappa shape index (κ3) is 7.85. The molecule has 14 nitrogen and oxygen atoms in total. The van der Waals surface area contributed by atoms with Crippen LogP contribution in [0, 0.1) is 39.9 Å². The van der Waals surface area contributed by atoms with Gasteiger partial charge in [0.1, 0.15) is 23.9 Å². The van der Waals surface area contributed by atoms with E-state index in [4.69, 9.17) is 23.4 Å². The molecule has 15 atom stereocenters. The number of nitrogens with one attached hydrogen (secondary N) is 1. The minimum Gasteiger partial charge on any atom is -0.485 e. The lowest BCUT2D eigenvalue weighted by atomic mass is 9.50. The number of aliphatic hydroxyl groups excluding tert-OH is 5. The van der Waals surface area contributed by atoms with Crippen LogP contribution in [-0.4, -0.2) is 132 Å². The number of furan rings is 1. The molecule has 5 bridgehead atoms. The van der Waals surface area contributed by atoms with E-state index >= 15 is 0 Å². The molecule has 1 aromatic carbocycles. The predicted octanol–water partition coefficient (Wildman–Crippen LogP) is 6.89. The van der Waals surface area contributed by atoms with Gasteiger partial charge in [0, 0.05) is 58.8 Å². The Morgan fingerprint density at radius 2 is 1.70 bits per heavy atom. The topological polar surface area (TPSA) is 221 Å². The van der Waals surface area contributed by atoms with Gasteiger partial charge in [-0.25, -0.2) is 0 Å². The Balaban J connectivity index is 1.10. The summed E-state index contributed by atoms with van der Waals surface area (Å²) >= 11 is 0. The summed E-state index contributed by atoms with van der Waals surface area (Å²) in [7, 11) is 3.36. The Hall–Kier alpha value is -2.09. The van der Waals surface area contributed by atoms with Gasteiger partial charge in [-0.15, -0.1) is 0 Å². The first-order valence-electron chi connectivity index (χ1n) is 27.3. The smallest absolute Gasteiger partial charge is 0.306 e. The number of carbonyl (C=O) groups excluding carboxylic acids is 1. The second-order valence-electron chi connectivity index (χ2n) is 24.0. The van der Waals surface area contributed by atoms with Crippen LogP contribution in [0.4, 0.5) is 0 Å². The van der Waals surface area contributed by atoms with Crippen molar-refractivity contribution in [3.05, 3.63) is 36.1 Å². The molecule has 5 saturated carbocycles. The van der Waals surface area contributed by atoms with Crippen molar-refractivity contribution in [2.24, 2.45) is 39.9 Å². The summed E-state index contributed by atoms with van der Waals surface area (Å²) in [6.07, 6.45) is 14.4. The number of benzene rings is 1. The Kier molecular flexibility index (Phi) is 13.8. The van der Waals surface area contributed by atoms with Gasteiger partial charge in [0.05, 0.1) is 31.2 Å². The molecular formula is C55H79NO13S2. The quantitative estimate of drug-likeness (QED) is 0.0869. The molecule has 3 aliphatic heterocycles. The summed E-state index contributed by atoms with van der Waals surface area (Å²) in [6, 6.07) is 3.64. The van der Waals surface area contributed by atoms with Crippen LogP contribution in [0.3, 0.4) is 0 Å². The molecule has 2 saturated heterocycles. The van der Waals surface area contributed by atoms with Gasteiger partial charge in [-0.1, -0.05) is 79.2 Å². The highest BCUT2D eigenvalue weighted by atomic mass is 33.1. The molecule has 6 aliphatic carbocycles. The van der Waals surface area contributed by atoms with Gasteiger partial charge in [-0.05, 0) is 131 Å². The van der Waals surface area contributed by atoms with E-state index in [0.717, 1.165) is 96.3 Å². The molecule has 15 unspecified atom stereocenters. The maximum atomic E-state index is 13.7. The van der Waals surface area contributed by atoms with Gasteiger partial charge in [0.25, 0.3) is 0 Å². The predicted molar refractivity (Wildman–Crippen MR) is 270 cm³/mol. The average molecular weight is 1030 g/mol. The lowest BCUT2D eigenvalue weighted by molar-refractivity contribution is -0.424. The molecule has 11 rings (SSSR count). The number of allylic oxidation sites excluding steroid dienone is 1. The SMILES string of the molecule is CCOC(=O)CCc1cc2ccoc2c2c1OC1OC3(CSSC4(CC5(CCCC5)C5(CCC6(CCCC6)C5O)C4)C(CCC(C)CCCC3O)NCCO2)C2(O)CC3C=CC(O)C(CO)C3C1(O)C2O. The Morgan fingerprint density at radius 3 is 2.48 bits per heavy atom. The van der Waals surface area contributed by atoms with Gasteiger partial charge < -0.3 is 64.4 Å². The van der Waals surface area contributed by atoms with Crippen LogP contribution >= 0.6 is 21.6 Å². The fraction of sp³-hybridized carbons (Fsp3) is 0.800. The van der Waals surface area contributed by atoms with Crippen LogP contribution in [0.5, 0.6) is 11.5 Å². The molecule has 7 fully saturated rings. The maximum Gasteiger partial charge on any atom is 0.306 e. The Labute approximate surface area is 426 Å². The molecule has 0 amide bonds. The molecule has 2 aromatic rings. The van der Waals surface area contributed by atoms with E-state index in [-0.39, 0.29) is 78.4 Å². The number of hydrogen-bond acceptors (Lipinski definition) is 16. The van der Waals surface area contributed by atoms with Gasteiger partial charge in [-0.2, -0.15) is 0 Å². The molecule has 8 N–H and O–H groups in total. The van der Waals surface area contributed by atoms with Crippen molar-refractivity contribution in [3.8, 4) is 11.5 Å². The molecular weight excluding hydrogens is 947 g/mol. The number of esters is 1. The van der Waals surface area contributed by atoms with Crippen LogP contribution in [0.25, 0.3) is 11.0 Å².